The highest BCUT2D eigenvalue weighted by Gasteiger charge is 2.29. The Morgan fingerprint density at radius 2 is 1.96 bits per heavy atom. The van der Waals surface area contributed by atoms with Crippen molar-refractivity contribution in [3.05, 3.63) is 48.5 Å². The van der Waals surface area contributed by atoms with E-state index in [0.29, 0.717) is 22.9 Å². The lowest BCUT2D eigenvalue weighted by atomic mass is 10.1. The molecule has 2 N–H and O–H groups in total. The summed E-state index contributed by atoms with van der Waals surface area (Å²) in [5.41, 5.74) is 1.34. The summed E-state index contributed by atoms with van der Waals surface area (Å²) >= 11 is 0. The second-order valence-electron chi connectivity index (χ2n) is 5.09. The van der Waals surface area contributed by atoms with Crippen LogP contribution in [0.3, 0.4) is 0 Å². The number of ether oxygens (including phenoxy) is 2. The zero-order chi connectivity index (χ0) is 16.2. The third kappa shape index (κ3) is 3.42. The summed E-state index contributed by atoms with van der Waals surface area (Å²) in [4.78, 5) is 24.0. The smallest absolute Gasteiger partial charge is 0.334 e. The first kappa shape index (κ1) is 14.9. The molecule has 0 aromatic heterocycles. The maximum atomic E-state index is 12.1. The molecule has 23 heavy (non-hydrogen) atoms. The number of amides is 1. The molecule has 1 amide bonds. The predicted molar refractivity (Wildman–Crippen MR) is 85.7 cm³/mol. The summed E-state index contributed by atoms with van der Waals surface area (Å²) in [6.07, 6.45) is -0.0147. The van der Waals surface area contributed by atoms with Gasteiger partial charge in [-0.3, -0.25) is 4.79 Å². The van der Waals surface area contributed by atoms with Crippen molar-refractivity contribution in [1.29, 1.82) is 0 Å². The minimum atomic E-state index is -0.705. The fourth-order valence-corrected chi connectivity index (χ4v) is 2.31. The number of fused-ring (bicyclic) bond motifs is 1. The fraction of sp³-hybridized carbons (Fsp3) is 0.176. The number of rotatable bonds is 4. The van der Waals surface area contributed by atoms with Gasteiger partial charge in [-0.2, -0.15) is 0 Å². The number of hydrogen-bond donors (Lipinski definition) is 2. The van der Waals surface area contributed by atoms with E-state index in [1.807, 2.05) is 6.07 Å². The summed E-state index contributed by atoms with van der Waals surface area (Å²) in [7, 11) is 1.58. The average molecular weight is 312 g/mol. The van der Waals surface area contributed by atoms with Crippen LogP contribution in [0.25, 0.3) is 0 Å². The molecule has 118 valence electrons. The van der Waals surface area contributed by atoms with E-state index in [1.165, 1.54) is 0 Å². The van der Waals surface area contributed by atoms with Crippen LogP contribution in [0.1, 0.15) is 6.42 Å². The van der Waals surface area contributed by atoms with Crippen LogP contribution in [0.2, 0.25) is 0 Å². The summed E-state index contributed by atoms with van der Waals surface area (Å²) in [6, 6.07) is 13.4. The van der Waals surface area contributed by atoms with Crippen molar-refractivity contribution in [1.82, 2.24) is 0 Å². The van der Waals surface area contributed by atoms with Gasteiger partial charge in [0.25, 0.3) is 0 Å². The van der Waals surface area contributed by atoms with Gasteiger partial charge in [-0.05, 0) is 36.4 Å². The lowest BCUT2D eigenvalue weighted by Gasteiger charge is -2.25. The quantitative estimate of drug-likeness (QED) is 0.670. The summed E-state index contributed by atoms with van der Waals surface area (Å²) in [5.74, 6) is 0.444. The molecule has 0 unspecified atom stereocenters. The molecule has 1 heterocycles. The molecule has 6 heteroatoms. The lowest BCUT2D eigenvalue weighted by Crippen LogP contribution is -2.39. The molecule has 1 atom stereocenters. The lowest BCUT2D eigenvalue weighted by molar-refractivity contribution is -0.137. The zero-order valence-electron chi connectivity index (χ0n) is 12.5. The Morgan fingerprint density at radius 1 is 1.22 bits per heavy atom. The first-order chi connectivity index (χ1) is 11.2. The molecular weight excluding hydrogens is 296 g/mol. The number of benzene rings is 2. The van der Waals surface area contributed by atoms with Gasteiger partial charge >= 0.3 is 5.97 Å². The van der Waals surface area contributed by atoms with Crippen molar-refractivity contribution in [2.45, 2.75) is 12.5 Å². The van der Waals surface area contributed by atoms with Gasteiger partial charge in [0.15, 0.2) is 5.75 Å². The van der Waals surface area contributed by atoms with Crippen molar-refractivity contribution in [3.63, 3.8) is 0 Å². The Bertz CT molecular complexity index is 728. The molecule has 3 rings (SSSR count). The highest BCUT2D eigenvalue weighted by Crippen LogP contribution is 2.29. The van der Waals surface area contributed by atoms with E-state index in [-0.39, 0.29) is 12.3 Å². The van der Waals surface area contributed by atoms with E-state index >= 15 is 0 Å². The van der Waals surface area contributed by atoms with E-state index < -0.39 is 12.0 Å². The molecule has 0 radical (unpaired) electrons. The van der Waals surface area contributed by atoms with Gasteiger partial charge in [-0.25, -0.2) is 4.79 Å². The number of methoxy groups -OCH3 is 1. The van der Waals surface area contributed by atoms with Crippen molar-refractivity contribution in [3.8, 4) is 11.5 Å². The monoisotopic (exact) mass is 312 g/mol. The Kier molecular flexibility index (Phi) is 4.14. The van der Waals surface area contributed by atoms with Crippen LogP contribution >= 0.6 is 0 Å². The van der Waals surface area contributed by atoms with Crippen molar-refractivity contribution in [2.24, 2.45) is 0 Å². The SMILES string of the molecule is COc1ccc(NC(=O)C[C@H]2Nc3ccccc3OC2=O)cc1. The third-order valence-corrected chi connectivity index (χ3v) is 3.48. The van der Waals surface area contributed by atoms with E-state index in [9.17, 15) is 9.59 Å². The van der Waals surface area contributed by atoms with Gasteiger partial charge in [0.2, 0.25) is 5.91 Å². The highest BCUT2D eigenvalue weighted by atomic mass is 16.5. The van der Waals surface area contributed by atoms with Crippen molar-refractivity contribution < 1.29 is 19.1 Å². The minimum absolute atomic E-state index is 0.0147. The second-order valence-corrected chi connectivity index (χ2v) is 5.09. The molecule has 0 saturated heterocycles. The molecule has 0 fully saturated rings. The number of nitrogens with one attached hydrogen (secondary N) is 2. The largest absolute Gasteiger partial charge is 0.497 e. The predicted octanol–water partition coefficient (Wildman–Crippen LogP) is 2.42. The highest BCUT2D eigenvalue weighted by molar-refractivity contribution is 5.97. The molecule has 1 aliphatic rings. The second kappa shape index (κ2) is 6.39. The van der Waals surface area contributed by atoms with Crippen molar-refractivity contribution in [2.75, 3.05) is 17.7 Å². The number of carbonyl (C=O) groups is 2. The van der Waals surface area contributed by atoms with Gasteiger partial charge in [0.05, 0.1) is 19.2 Å². The average Bonchev–Trinajstić information content (AvgIpc) is 2.56. The van der Waals surface area contributed by atoms with Gasteiger partial charge in [0.1, 0.15) is 11.8 Å². The molecule has 1 aliphatic heterocycles. The minimum Gasteiger partial charge on any atom is -0.497 e. The Balaban J connectivity index is 1.62. The normalized spacial score (nSPS) is 15.9. The Hall–Kier alpha value is -3.02. The standard InChI is InChI=1S/C17H16N2O4/c1-22-12-8-6-11(7-9-12)18-16(20)10-14-17(21)23-15-5-3-2-4-13(15)19-14/h2-9,14,19H,10H2,1H3,(H,18,20)/t14-/m1/s1. The molecule has 6 nitrogen and oxygen atoms in total. The van der Waals surface area contributed by atoms with E-state index in [0.717, 1.165) is 0 Å². The van der Waals surface area contributed by atoms with Crippen LogP contribution in [-0.4, -0.2) is 25.0 Å². The maximum absolute atomic E-state index is 12.1. The Morgan fingerprint density at radius 3 is 2.70 bits per heavy atom. The molecule has 2 aromatic carbocycles. The van der Waals surface area contributed by atoms with Crippen LogP contribution < -0.4 is 20.1 Å². The molecule has 0 saturated carbocycles. The van der Waals surface area contributed by atoms with Crippen LogP contribution in [0.4, 0.5) is 11.4 Å². The van der Waals surface area contributed by atoms with E-state index in [2.05, 4.69) is 10.6 Å². The zero-order valence-corrected chi connectivity index (χ0v) is 12.5. The van der Waals surface area contributed by atoms with Crippen molar-refractivity contribution >= 4 is 23.3 Å². The van der Waals surface area contributed by atoms with Crippen LogP contribution in [0, 0.1) is 0 Å². The summed E-state index contributed by atoms with van der Waals surface area (Å²) in [5, 5.41) is 5.77. The Labute approximate surface area is 133 Å². The number of anilines is 2. The first-order valence-corrected chi connectivity index (χ1v) is 7.17. The van der Waals surface area contributed by atoms with Gasteiger partial charge in [-0.1, -0.05) is 12.1 Å². The molecule has 2 aromatic rings. The maximum Gasteiger partial charge on any atom is 0.334 e. The fourth-order valence-electron chi connectivity index (χ4n) is 2.31. The first-order valence-electron chi connectivity index (χ1n) is 7.17. The van der Waals surface area contributed by atoms with E-state index in [4.69, 9.17) is 9.47 Å². The summed E-state index contributed by atoms with van der Waals surface area (Å²) in [6.45, 7) is 0. The van der Waals surface area contributed by atoms with Gasteiger partial charge in [-0.15, -0.1) is 0 Å². The van der Waals surface area contributed by atoms with Crippen LogP contribution in [0.15, 0.2) is 48.5 Å². The summed E-state index contributed by atoms with van der Waals surface area (Å²) < 4.78 is 10.3. The molecule has 0 spiro atoms. The number of esters is 1. The molecule has 0 aliphatic carbocycles. The van der Waals surface area contributed by atoms with Gasteiger partial charge < -0.3 is 20.1 Å². The third-order valence-electron chi connectivity index (χ3n) is 3.48. The number of carbonyl (C=O) groups excluding carboxylic acids is 2. The topological polar surface area (TPSA) is 76.7 Å². The number of hydrogen-bond acceptors (Lipinski definition) is 5. The molecule has 0 bridgehead atoms. The van der Waals surface area contributed by atoms with Crippen LogP contribution in [0.5, 0.6) is 11.5 Å². The van der Waals surface area contributed by atoms with E-state index in [1.54, 1.807) is 49.6 Å². The van der Waals surface area contributed by atoms with Gasteiger partial charge in [0, 0.05) is 5.69 Å². The number of para-hydroxylation sites is 2. The molecular formula is C17H16N2O4. The van der Waals surface area contributed by atoms with Crippen LogP contribution in [-0.2, 0) is 9.59 Å².